The fourth-order valence-electron chi connectivity index (χ4n) is 2.19. The summed E-state index contributed by atoms with van der Waals surface area (Å²) in [5.74, 6) is 0.785. The Labute approximate surface area is 112 Å². The first-order valence-corrected chi connectivity index (χ1v) is 6.37. The fourth-order valence-corrected chi connectivity index (χ4v) is 2.19. The molecule has 0 bridgehead atoms. The van der Waals surface area contributed by atoms with Crippen molar-refractivity contribution in [2.24, 2.45) is 0 Å². The lowest BCUT2D eigenvalue weighted by Crippen LogP contribution is -2.48. The fraction of sp³-hybridized carbons (Fsp3) is 0.462. The predicted octanol–water partition coefficient (Wildman–Crippen LogP) is 1.47. The van der Waals surface area contributed by atoms with Crippen LogP contribution in [0.3, 0.4) is 0 Å². The smallest absolute Gasteiger partial charge is 0.407 e. The van der Waals surface area contributed by atoms with Crippen LogP contribution in [0.4, 0.5) is 16.2 Å². The summed E-state index contributed by atoms with van der Waals surface area (Å²) in [6.45, 7) is 4.82. The van der Waals surface area contributed by atoms with Crippen molar-refractivity contribution in [3.8, 4) is 5.75 Å². The molecule has 2 rings (SSSR count). The minimum atomic E-state index is -0.865. The Kier molecular flexibility index (Phi) is 3.99. The second-order valence-corrected chi connectivity index (χ2v) is 4.41. The van der Waals surface area contributed by atoms with Gasteiger partial charge in [0, 0.05) is 32.2 Å². The van der Waals surface area contributed by atoms with E-state index in [0.717, 1.165) is 11.4 Å². The van der Waals surface area contributed by atoms with Gasteiger partial charge in [-0.05, 0) is 19.1 Å². The highest BCUT2D eigenvalue weighted by atomic mass is 16.5. The van der Waals surface area contributed by atoms with Gasteiger partial charge in [0.15, 0.2) is 0 Å². The third-order valence-electron chi connectivity index (χ3n) is 3.20. The average Bonchev–Trinajstić information content (AvgIpc) is 2.41. The number of hydrogen-bond acceptors (Lipinski definition) is 4. The van der Waals surface area contributed by atoms with Gasteiger partial charge in [0.1, 0.15) is 5.75 Å². The van der Waals surface area contributed by atoms with Crippen LogP contribution in [0.2, 0.25) is 0 Å². The van der Waals surface area contributed by atoms with Crippen LogP contribution in [-0.4, -0.2) is 48.9 Å². The van der Waals surface area contributed by atoms with Crippen LogP contribution >= 0.6 is 0 Å². The molecule has 1 aliphatic rings. The summed E-state index contributed by atoms with van der Waals surface area (Å²) in [5.41, 5.74) is 7.58. The standard InChI is InChI=1S/C13H19N3O3/c1-2-19-10-3-4-11(14)12(9-10)15-5-7-16(8-6-15)13(17)18/h3-4,9H,2,5-8,14H2,1H3,(H,17,18). The van der Waals surface area contributed by atoms with E-state index in [4.69, 9.17) is 15.6 Å². The Balaban J connectivity index is 2.10. The van der Waals surface area contributed by atoms with Crippen molar-refractivity contribution in [3.63, 3.8) is 0 Å². The molecule has 0 spiro atoms. The summed E-state index contributed by atoms with van der Waals surface area (Å²) in [6.07, 6.45) is -0.865. The monoisotopic (exact) mass is 265 g/mol. The number of hydrogen-bond donors (Lipinski definition) is 2. The second-order valence-electron chi connectivity index (χ2n) is 4.41. The van der Waals surface area contributed by atoms with Gasteiger partial charge in [0.25, 0.3) is 0 Å². The van der Waals surface area contributed by atoms with Crippen molar-refractivity contribution in [1.82, 2.24) is 4.90 Å². The van der Waals surface area contributed by atoms with Gasteiger partial charge in [-0.3, -0.25) is 0 Å². The van der Waals surface area contributed by atoms with E-state index in [1.165, 1.54) is 4.90 Å². The van der Waals surface area contributed by atoms with Gasteiger partial charge < -0.3 is 25.4 Å². The number of nitrogens with zero attached hydrogens (tertiary/aromatic N) is 2. The summed E-state index contributed by atoms with van der Waals surface area (Å²) in [4.78, 5) is 14.4. The van der Waals surface area contributed by atoms with Crippen molar-refractivity contribution in [2.75, 3.05) is 43.4 Å². The molecule has 0 aromatic heterocycles. The van der Waals surface area contributed by atoms with Crippen LogP contribution in [0.5, 0.6) is 5.75 Å². The summed E-state index contributed by atoms with van der Waals surface area (Å²) >= 11 is 0. The lowest BCUT2D eigenvalue weighted by atomic mass is 10.2. The molecule has 6 nitrogen and oxygen atoms in total. The van der Waals surface area contributed by atoms with E-state index >= 15 is 0 Å². The minimum absolute atomic E-state index is 0.494. The average molecular weight is 265 g/mol. The molecule has 1 aromatic carbocycles. The van der Waals surface area contributed by atoms with Gasteiger partial charge in [-0.25, -0.2) is 4.79 Å². The Bertz CT molecular complexity index is 456. The molecule has 1 heterocycles. The molecule has 1 saturated heterocycles. The SMILES string of the molecule is CCOc1ccc(N)c(N2CCN(C(=O)O)CC2)c1. The molecule has 0 aliphatic carbocycles. The molecule has 104 valence electrons. The molecule has 1 aromatic rings. The largest absolute Gasteiger partial charge is 0.494 e. The van der Waals surface area contributed by atoms with E-state index in [1.807, 2.05) is 25.1 Å². The first kappa shape index (κ1) is 13.3. The van der Waals surface area contributed by atoms with E-state index in [0.29, 0.717) is 38.5 Å². The molecule has 1 aliphatic heterocycles. The highest BCUT2D eigenvalue weighted by Crippen LogP contribution is 2.29. The van der Waals surface area contributed by atoms with Gasteiger partial charge in [-0.2, -0.15) is 0 Å². The number of piperazine rings is 1. The van der Waals surface area contributed by atoms with Gasteiger partial charge in [-0.15, -0.1) is 0 Å². The molecule has 3 N–H and O–H groups in total. The van der Waals surface area contributed by atoms with Crippen LogP contribution in [0.25, 0.3) is 0 Å². The van der Waals surface area contributed by atoms with Gasteiger partial charge in [-0.1, -0.05) is 0 Å². The highest BCUT2D eigenvalue weighted by molar-refractivity contribution is 5.71. The van der Waals surface area contributed by atoms with Crippen molar-refractivity contribution in [2.45, 2.75) is 6.92 Å². The summed E-state index contributed by atoms with van der Waals surface area (Å²) in [6, 6.07) is 5.58. The zero-order valence-corrected chi connectivity index (χ0v) is 11.0. The molecular weight excluding hydrogens is 246 g/mol. The van der Waals surface area contributed by atoms with E-state index in [2.05, 4.69) is 4.90 Å². The summed E-state index contributed by atoms with van der Waals surface area (Å²) in [5, 5.41) is 8.93. The minimum Gasteiger partial charge on any atom is -0.494 e. The van der Waals surface area contributed by atoms with Gasteiger partial charge in [0.2, 0.25) is 0 Å². The van der Waals surface area contributed by atoms with Crippen molar-refractivity contribution in [1.29, 1.82) is 0 Å². The van der Waals surface area contributed by atoms with Gasteiger partial charge in [0.05, 0.1) is 18.0 Å². The number of rotatable bonds is 3. The third-order valence-corrected chi connectivity index (χ3v) is 3.20. The Morgan fingerprint density at radius 2 is 2.05 bits per heavy atom. The van der Waals surface area contributed by atoms with E-state index in [9.17, 15) is 4.79 Å². The third kappa shape index (κ3) is 3.01. The quantitative estimate of drug-likeness (QED) is 0.809. The number of nitrogen functional groups attached to an aromatic ring is 1. The number of nitrogens with two attached hydrogens (primary N) is 1. The maximum Gasteiger partial charge on any atom is 0.407 e. The zero-order valence-electron chi connectivity index (χ0n) is 11.0. The normalized spacial score (nSPS) is 15.4. The molecule has 1 fully saturated rings. The first-order chi connectivity index (χ1) is 9.11. The number of ether oxygens (including phenoxy) is 1. The Morgan fingerprint density at radius 3 is 2.63 bits per heavy atom. The van der Waals surface area contributed by atoms with Crippen molar-refractivity contribution in [3.05, 3.63) is 18.2 Å². The molecule has 19 heavy (non-hydrogen) atoms. The number of amides is 1. The van der Waals surface area contributed by atoms with E-state index < -0.39 is 6.09 Å². The zero-order chi connectivity index (χ0) is 13.8. The van der Waals surface area contributed by atoms with Crippen LogP contribution < -0.4 is 15.4 Å². The summed E-state index contributed by atoms with van der Waals surface area (Å²) < 4.78 is 5.46. The number of carbonyl (C=O) groups is 1. The molecule has 0 saturated carbocycles. The molecule has 0 atom stereocenters. The molecule has 6 heteroatoms. The molecule has 1 amide bonds. The maximum atomic E-state index is 10.9. The van der Waals surface area contributed by atoms with E-state index in [-0.39, 0.29) is 0 Å². The topological polar surface area (TPSA) is 79.0 Å². The van der Waals surface area contributed by atoms with Crippen LogP contribution in [0.1, 0.15) is 6.92 Å². The maximum absolute atomic E-state index is 10.9. The lowest BCUT2D eigenvalue weighted by Gasteiger charge is -2.35. The number of benzene rings is 1. The van der Waals surface area contributed by atoms with Crippen LogP contribution in [-0.2, 0) is 0 Å². The Hall–Kier alpha value is -2.11. The van der Waals surface area contributed by atoms with Crippen molar-refractivity contribution >= 4 is 17.5 Å². The molecule has 0 unspecified atom stereocenters. The van der Waals surface area contributed by atoms with Crippen LogP contribution in [0.15, 0.2) is 18.2 Å². The molecule has 0 radical (unpaired) electrons. The van der Waals surface area contributed by atoms with E-state index in [1.54, 1.807) is 0 Å². The number of anilines is 2. The molecular formula is C13H19N3O3. The first-order valence-electron chi connectivity index (χ1n) is 6.37. The predicted molar refractivity (Wildman–Crippen MR) is 73.8 cm³/mol. The summed E-state index contributed by atoms with van der Waals surface area (Å²) in [7, 11) is 0. The second kappa shape index (κ2) is 5.69. The van der Waals surface area contributed by atoms with Crippen molar-refractivity contribution < 1.29 is 14.6 Å². The number of carboxylic acid groups (broad SMARTS) is 1. The lowest BCUT2D eigenvalue weighted by molar-refractivity contribution is 0.142. The Morgan fingerprint density at radius 1 is 1.37 bits per heavy atom. The highest BCUT2D eigenvalue weighted by Gasteiger charge is 2.21. The van der Waals surface area contributed by atoms with Crippen LogP contribution in [0, 0.1) is 0 Å². The van der Waals surface area contributed by atoms with Gasteiger partial charge >= 0.3 is 6.09 Å².